The van der Waals surface area contributed by atoms with Gasteiger partial charge in [-0.3, -0.25) is 0 Å². The predicted molar refractivity (Wildman–Crippen MR) is 69.2 cm³/mol. The summed E-state index contributed by atoms with van der Waals surface area (Å²) in [4.78, 5) is 7.97. The highest BCUT2D eigenvalue weighted by Crippen LogP contribution is 2.20. The van der Waals surface area contributed by atoms with Crippen molar-refractivity contribution < 1.29 is 8.42 Å². The second-order valence-electron chi connectivity index (χ2n) is 3.98. The Hall–Kier alpha value is -0.880. The van der Waals surface area contributed by atoms with Crippen LogP contribution in [0.3, 0.4) is 0 Å². The van der Waals surface area contributed by atoms with E-state index in [0.717, 1.165) is 5.56 Å². The van der Waals surface area contributed by atoms with Crippen molar-refractivity contribution in [2.75, 3.05) is 17.3 Å². The first kappa shape index (κ1) is 14.2. The Bertz CT molecular complexity index is 490. The van der Waals surface area contributed by atoms with Gasteiger partial charge in [0.05, 0.1) is 5.75 Å². The Morgan fingerprint density at radius 3 is 2.65 bits per heavy atom. The molecule has 0 saturated heterocycles. The lowest BCUT2D eigenvalue weighted by Crippen LogP contribution is -2.26. The number of halogens is 1. The van der Waals surface area contributed by atoms with Crippen LogP contribution in [0.5, 0.6) is 0 Å². The molecule has 0 spiro atoms. The molecule has 0 fully saturated rings. The van der Waals surface area contributed by atoms with Crippen molar-refractivity contribution in [1.29, 1.82) is 0 Å². The first-order valence-corrected chi connectivity index (χ1v) is 7.71. The summed E-state index contributed by atoms with van der Waals surface area (Å²) in [6.45, 7) is 3.73. The number of hydrogen-bond acceptors (Lipinski definition) is 5. The highest BCUT2D eigenvalue weighted by Gasteiger charge is 2.14. The molecule has 5 nitrogen and oxygen atoms in total. The minimum Gasteiger partial charge on any atom is -0.366 e. The molecule has 0 bridgehead atoms. The third-order valence-electron chi connectivity index (χ3n) is 2.18. The zero-order chi connectivity index (χ0) is 13.1. The summed E-state index contributed by atoms with van der Waals surface area (Å²) < 4.78 is 22.3. The molecule has 0 aliphatic heterocycles. The highest BCUT2D eigenvalue weighted by atomic mass is 35.5. The summed E-state index contributed by atoms with van der Waals surface area (Å²) in [5.74, 6) is 0.654. The smallest absolute Gasteiger partial charge is 0.149 e. The number of nitrogens with one attached hydrogen (secondary N) is 1. The van der Waals surface area contributed by atoms with Crippen LogP contribution in [-0.2, 0) is 16.3 Å². The van der Waals surface area contributed by atoms with E-state index in [4.69, 9.17) is 11.6 Å². The standard InChI is InChI=1S/C10H16ClN3O2S/c1-4-8-9(11)12-6-13-10(8)14-7(2)5-17(3,15)16/h6-7H,4-5H2,1-3H3,(H,12,13,14). The summed E-state index contributed by atoms with van der Waals surface area (Å²) in [5.41, 5.74) is 0.800. The van der Waals surface area contributed by atoms with Crippen LogP contribution < -0.4 is 5.32 Å². The number of aromatic nitrogens is 2. The molecule has 0 radical (unpaired) electrons. The Kier molecular flexibility index (Phi) is 4.70. The lowest BCUT2D eigenvalue weighted by molar-refractivity contribution is 0.598. The van der Waals surface area contributed by atoms with Crippen LogP contribution in [-0.4, -0.2) is 36.4 Å². The Morgan fingerprint density at radius 2 is 2.12 bits per heavy atom. The van der Waals surface area contributed by atoms with Crippen LogP contribution in [0, 0.1) is 0 Å². The van der Waals surface area contributed by atoms with Crippen molar-refractivity contribution >= 4 is 27.3 Å². The van der Waals surface area contributed by atoms with Crippen LogP contribution >= 0.6 is 11.6 Å². The average Bonchev–Trinajstić information content (AvgIpc) is 2.14. The topological polar surface area (TPSA) is 72.0 Å². The maximum atomic E-state index is 11.2. The Morgan fingerprint density at radius 1 is 1.47 bits per heavy atom. The van der Waals surface area contributed by atoms with Gasteiger partial charge in [0.2, 0.25) is 0 Å². The second-order valence-corrected chi connectivity index (χ2v) is 6.53. The van der Waals surface area contributed by atoms with Gasteiger partial charge in [0, 0.05) is 17.9 Å². The summed E-state index contributed by atoms with van der Waals surface area (Å²) in [6, 6.07) is -0.221. The molecule has 1 aromatic rings. The molecule has 0 aliphatic rings. The molecule has 96 valence electrons. The van der Waals surface area contributed by atoms with Crippen LogP contribution in [0.25, 0.3) is 0 Å². The summed E-state index contributed by atoms with van der Waals surface area (Å²) in [6.07, 6.45) is 3.25. The molecular formula is C10H16ClN3O2S. The summed E-state index contributed by atoms with van der Waals surface area (Å²) in [7, 11) is -3.01. The van der Waals surface area contributed by atoms with Crippen LogP contribution in [0.2, 0.25) is 5.15 Å². The molecule has 0 aromatic carbocycles. The Labute approximate surface area is 107 Å². The van der Waals surface area contributed by atoms with E-state index >= 15 is 0 Å². The second kappa shape index (κ2) is 5.64. The van der Waals surface area contributed by atoms with Crippen LogP contribution in [0.1, 0.15) is 19.4 Å². The normalized spacial score (nSPS) is 13.4. The first-order chi connectivity index (χ1) is 7.83. The van der Waals surface area contributed by atoms with Gasteiger partial charge in [-0.05, 0) is 13.3 Å². The molecule has 1 heterocycles. The van der Waals surface area contributed by atoms with Gasteiger partial charge in [0.15, 0.2) is 0 Å². The molecule has 0 saturated carbocycles. The molecule has 0 aliphatic carbocycles. The van der Waals surface area contributed by atoms with Crippen molar-refractivity contribution in [3.8, 4) is 0 Å². The SMILES string of the molecule is CCc1c(Cl)ncnc1NC(C)CS(C)(=O)=O. The average molecular weight is 278 g/mol. The fraction of sp³-hybridized carbons (Fsp3) is 0.600. The number of anilines is 1. The molecule has 1 rings (SSSR count). The van der Waals surface area contributed by atoms with Crippen LogP contribution in [0.15, 0.2) is 6.33 Å². The van der Waals surface area contributed by atoms with Gasteiger partial charge in [-0.2, -0.15) is 0 Å². The van der Waals surface area contributed by atoms with Crippen molar-refractivity contribution in [1.82, 2.24) is 9.97 Å². The molecule has 1 unspecified atom stereocenters. The predicted octanol–water partition coefficient (Wildman–Crippen LogP) is 1.54. The van der Waals surface area contributed by atoms with E-state index in [1.165, 1.54) is 12.6 Å². The van der Waals surface area contributed by atoms with Crippen molar-refractivity contribution in [2.45, 2.75) is 26.3 Å². The monoisotopic (exact) mass is 277 g/mol. The van der Waals surface area contributed by atoms with E-state index in [2.05, 4.69) is 15.3 Å². The molecule has 17 heavy (non-hydrogen) atoms. The third-order valence-corrected chi connectivity index (χ3v) is 3.61. The minimum atomic E-state index is -3.01. The van der Waals surface area contributed by atoms with Gasteiger partial charge in [0.25, 0.3) is 0 Å². The molecule has 7 heteroatoms. The van der Waals surface area contributed by atoms with Gasteiger partial charge >= 0.3 is 0 Å². The van der Waals surface area contributed by atoms with Gasteiger partial charge in [-0.25, -0.2) is 18.4 Å². The van der Waals surface area contributed by atoms with Crippen LogP contribution in [0.4, 0.5) is 5.82 Å². The molecule has 1 atom stereocenters. The number of sulfone groups is 1. The van der Waals surface area contributed by atoms with Crippen molar-refractivity contribution in [3.63, 3.8) is 0 Å². The maximum absolute atomic E-state index is 11.2. The number of hydrogen-bond donors (Lipinski definition) is 1. The van der Waals surface area contributed by atoms with Gasteiger partial charge in [-0.15, -0.1) is 0 Å². The van der Waals surface area contributed by atoms with E-state index in [0.29, 0.717) is 17.4 Å². The number of rotatable bonds is 5. The fourth-order valence-electron chi connectivity index (χ4n) is 1.56. The third kappa shape index (κ3) is 4.47. The first-order valence-electron chi connectivity index (χ1n) is 5.27. The quantitative estimate of drug-likeness (QED) is 0.827. The zero-order valence-electron chi connectivity index (χ0n) is 10.1. The lowest BCUT2D eigenvalue weighted by Gasteiger charge is -2.16. The van der Waals surface area contributed by atoms with Crippen molar-refractivity contribution in [2.24, 2.45) is 0 Å². The zero-order valence-corrected chi connectivity index (χ0v) is 11.6. The Balaban J connectivity index is 2.85. The van der Waals surface area contributed by atoms with Gasteiger partial charge in [0.1, 0.15) is 27.1 Å². The molecule has 1 aromatic heterocycles. The summed E-state index contributed by atoms with van der Waals surface area (Å²) in [5, 5.41) is 3.44. The highest BCUT2D eigenvalue weighted by molar-refractivity contribution is 7.90. The summed E-state index contributed by atoms with van der Waals surface area (Å²) >= 11 is 5.94. The number of nitrogens with zero attached hydrogens (tertiary/aromatic N) is 2. The largest absolute Gasteiger partial charge is 0.366 e. The minimum absolute atomic E-state index is 0.0533. The van der Waals surface area contributed by atoms with Crippen molar-refractivity contribution in [3.05, 3.63) is 17.0 Å². The fourth-order valence-corrected chi connectivity index (χ4v) is 2.82. The maximum Gasteiger partial charge on any atom is 0.149 e. The molecule has 0 amide bonds. The molecule has 1 N–H and O–H groups in total. The van der Waals surface area contributed by atoms with E-state index in [-0.39, 0.29) is 11.8 Å². The van der Waals surface area contributed by atoms with Gasteiger partial charge in [-0.1, -0.05) is 18.5 Å². The van der Waals surface area contributed by atoms with E-state index < -0.39 is 9.84 Å². The lowest BCUT2D eigenvalue weighted by atomic mass is 10.2. The van der Waals surface area contributed by atoms with Gasteiger partial charge < -0.3 is 5.32 Å². The molecular weight excluding hydrogens is 262 g/mol. The van der Waals surface area contributed by atoms with E-state index in [9.17, 15) is 8.42 Å². The van der Waals surface area contributed by atoms with E-state index in [1.54, 1.807) is 6.92 Å². The van der Waals surface area contributed by atoms with E-state index in [1.807, 2.05) is 6.92 Å².